The van der Waals surface area contributed by atoms with Crippen molar-refractivity contribution in [3.8, 4) is 0 Å². The molecule has 7 heteroatoms. The van der Waals surface area contributed by atoms with Gasteiger partial charge in [0, 0.05) is 4.90 Å². The van der Waals surface area contributed by atoms with Gasteiger partial charge in [-0.25, -0.2) is 18.0 Å². The Morgan fingerprint density at radius 1 is 1.19 bits per heavy atom. The molecule has 0 aliphatic rings. The fraction of sp³-hybridized carbons (Fsp3) is 0.0714. The summed E-state index contributed by atoms with van der Waals surface area (Å²) in [6, 6.07) is 6.42. The van der Waals surface area contributed by atoms with E-state index in [0.29, 0.717) is 0 Å². The van der Waals surface area contributed by atoms with E-state index < -0.39 is 29.1 Å². The quantitative estimate of drug-likeness (QED) is 0.666. The van der Waals surface area contributed by atoms with E-state index in [0.717, 1.165) is 19.2 Å². The molecule has 0 aliphatic carbocycles. The molecule has 0 heterocycles. The summed E-state index contributed by atoms with van der Waals surface area (Å²) in [5, 5.41) is 2.37. The normalized spacial score (nSPS) is 10.3. The Labute approximate surface area is 124 Å². The summed E-state index contributed by atoms with van der Waals surface area (Å²) >= 11 is 3.74. The van der Waals surface area contributed by atoms with Crippen molar-refractivity contribution in [2.24, 2.45) is 0 Å². The second kappa shape index (κ2) is 6.09. The lowest BCUT2D eigenvalue weighted by Crippen LogP contribution is -2.10. The number of anilines is 2. The summed E-state index contributed by atoms with van der Waals surface area (Å²) in [5.41, 5.74) is -0.903. The molecule has 0 saturated carbocycles. The van der Waals surface area contributed by atoms with Crippen molar-refractivity contribution >= 4 is 30.0 Å². The smallest absolute Gasteiger partial charge is 0.340 e. The van der Waals surface area contributed by atoms with E-state index in [1.54, 1.807) is 0 Å². The van der Waals surface area contributed by atoms with Crippen molar-refractivity contribution in [3.05, 3.63) is 53.3 Å². The molecule has 21 heavy (non-hydrogen) atoms. The first-order chi connectivity index (χ1) is 9.95. The predicted octanol–water partition coefficient (Wildman–Crippen LogP) is 3.92. The van der Waals surface area contributed by atoms with Crippen LogP contribution in [0.1, 0.15) is 10.4 Å². The lowest BCUT2D eigenvalue weighted by Gasteiger charge is -2.14. The molecular weight excluding hydrogens is 303 g/mol. The maximum absolute atomic E-state index is 14.0. The van der Waals surface area contributed by atoms with Crippen molar-refractivity contribution in [2.75, 3.05) is 12.4 Å². The fourth-order valence-corrected chi connectivity index (χ4v) is 1.93. The first kappa shape index (κ1) is 15.2. The van der Waals surface area contributed by atoms with Crippen LogP contribution in [0.2, 0.25) is 0 Å². The van der Waals surface area contributed by atoms with Gasteiger partial charge in [0.2, 0.25) is 0 Å². The van der Waals surface area contributed by atoms with Crippen LogP contribution < -0.4 is 5.32 Å². The molecule has 0 aliphatic heterocycles. The van der Waals surface area contributed by atoms with E-state index in [9.17, 15) is 18.0 Å². The summed E-state index contributed by atoms with van der Waals surface area (Å²) in [7, 11) is 1.09. The van der Waals surface area contributed by atoms with Gasteiger partial charge in [-0.15, -0.1) is 12.6 Å². The van der Waals surface area contributed by atoms with E-state index >= 15 is 0 Å². The fourth-order valence-electron chi connectivity index (χ4n) is 1.70. The van der Waals surface area contributed by atoms with Crippen LogP contribution >= 0.6 is 12.6 Å². The van der Waals surface area contributed by atoms with Gasteiger partial charge < -0.3 is 10.1 Å². The number of carbonyl (C=O) groups excluding carboxylic acids is 1. The molecule has 0 spiro atoms. The highest BCUT2D eigenvalue weighted by atomic mass is 32.1. The van der Waals surface area contributed by atoms with E-state index in [2.05, 4.69) is 22.7 Å². The summed E-state index contributed by atoms with van der Waals surface area (Å²) in [6.07, 6.45) is 0. The van der Waals surface area contributed by atoms with Gasteiger partial charge in [-0.05, 0) is 18.2 Å². The van der Waals surface area contributed by atoms with Gasteiger partial charge in [0.05, 0.1) is 24.0 Å². The number of thiol groups is 1. The number of esters is 1. The maximum Gasteiger partial charge on any atom is 0.340 e. The Kier molecular flexibility index (Phi) is 4.42. The molecule has 0 unspecified atom stereocenters. The number of hydrogen-bond donors (Lipinski definition) is 2. The SMILES string of the molecule is COC(=O)c1cc(S)c(F)c(F)c1Nc1ccccc1F. The number of carbonyl (C=O) groups is 1. The van der Waals surface area contributed by atoms with Crippen molar-refractivity contribution in [1.29, 1.82) is 0 Å². The lowest BCUT2D eigenvalue weighted by molar-refractivity contribution is 0.0601. The number of rotatable bonds is 3. The van der Waals surface area contributed by atoms with Gasteiger partial charge in [-0.1, -0.05) is 12.1 Å². The minimum atomic E-state index is -1.34. The zero-order valence-electron chi connectivity index (χ0n) is 10.8. The highest BCUT2D eigenvalue weighted by molar-refractivity contribution is 7.80. The average molecular weight is 313 g/mol. The van der Waals surface area contributed by atoms with Crippen molar-refractivity contribution in [2.45, 2.75) is 4.90 Å². The van der Waals surface area contributed by atoms with Crippen LogP contribution in [0.4, 0.5) is 24.5 Å². The number of nitrogens with one attached hydrogen (secondary N) is 1. The van der Waals surface area contributed by atoms with Gasteiger partial charge >= 0.3 is 5.97 Å². The molecular formula is C14H10F3NO2S. The Hall–Kier alpha value is -2.15. The third kappa shape index (κ3) is 2.97. The summed E-state index contributed by atoms with van der Waals surface area (Å²) in [4.78, 5) is 11.3. The largest absolute Gasteiger partial charge is 0.465 e. The molecule has 0 fully saturated rings. The van der Waals surface area contributed by atoms with E-state index in [1.165, 1.54) is 18.2 Å². The zero-order valence-corrected chi connectivity index (χ0v) is 11.7. The van der Waals surface area contributed by atoms with Gasteiger partial charge in [-0.3, -0.25) is 0 Å². The van der Waals surface area contributed by atoms with Crippen molar-refractivity contribution < 1.29 is 22.7 Å². The summed E-state index contributed by atoms with van der Waals surface area (Å²) < 4.78 is 45.7. The molecule has 110 valence electrons. The first-order valence-electron chi connectivity index (χ1n) is 5.76. The Balaban J connectivity index is 2.59. The number of ether oxygens (including phenoxy) is 1. The predicted molar refractivity (Wildman–Crippen MR) is 74.6 cm³/mol. The molecule has 0 aromatic heterocycles. The van der Waals surface area contributed by atoms with E-state index in [1.807, 2.05) is 0 Å². The van der Waals surface area contributed by atoms with E-state index in [4.69, 9.17) is 0 Å². The van der Waals surface area contributed by atoms with Crippen molar-refractivity contribution in [1.82, 2.24) is 0 Å². The second-order valence-electron chi connectivity index (χ2n) is 4.04. The molecule has 2 aromatic carbocycles. The number of methoxy groups -OCH3 is 1. The van der Waals surface area contributed by atoms with E-state index in [-0.39, 0.29) is 16.1 Å². The highest BCUT2D eigenvalue weighted by Gasteiger charge is 2.22. The first-order valence-corrected chi connectivity index (χ1v) is 6.21. The molecule has 2 rings (SSSR count). The molecule has 1 N–H and O–H groups in total. The highest BCUT2D eigenvalue weighted by Crippen LogP contribution is 2.31. The maximum atomic E-state index is 14.0. The molecule has 0 atom stereocenters. The minimum absolute atomic E-state index is 0.104. The molecule has 0 saturated heterocycles. The zero-order chi connectivity index (χ0) is 15.6. The Bertz CT molecular complexity index is 707. The second-order valence-corrected chi connectivity index (χ2v) is 4.52. The molecule has 3 nitrogen and oxygen atoms in total. The summed E-state index contributed by atoms with van der Waals surface area (Å²) in [6.45, 7) is 0. The standard InChI is InChI=1S/C14H10F3NO2S/c1-20-14(19)7-6-10(21)11(16)12(17)13(7)18-9-5-3-2-4-8(9)15/h2-6,18,21H,1H3. The molecule has 0 amide bonds. The van der Waals surface area contributed by atoms with Crippen LogP contribution in [0.3, 0.4) is 0 Å². The van der Waals surface area contributed by atoms with Crippen LogP contribution in [-0.4, -0.2) is 13.1 Å². The summed E-state index contributed by atoms with van der Waals surface area (Å²) in [5.74, 6) is -4.16. The number of hydrogen-bond acceptors (Lipinski definition) is 4. The number of benzene rings is 2. The third-order valence-corrected chi connectivity index (χ3v) is 3.05. The van der Waals surface area contributed by atoms with Gasteiger partial charge in [0.15, 0.2) is 11.6 Å². The van der Waals surface area contributed by atoms with Crippen LogP contribution in [0.25, 0.3) is 0 Å². The third-order valence-electron chi connectivity index (χ3n) is 2.73. The van der Waals surface area contributed by atoms with Crippen LogP contribution in [0, 0.1) is 17.5 Å². The van der Waals surface area contributed by atoms with Gasteiger partial charge in [0.1, 0.15) is 5.82 Å². The number of halogens is 3. The molecule has 0 radical (unpaired) electrons. The van der Waals surface area contributed by atoms with Gasteiger partial charge in [0.25, 0.3) is 0 Å². The van der Waals surface area contributed by atoms with Gasteiger partial charge in [-0.2, -0.15) is 0 Å². The Morgan fingerprint density at radius 2 is 1.86 bits per heavy atom. The average Bonchev–Trinajstić information content (AvgIpc) is 2.48. The molecule has 2 aromatic rings. The topological polar surface area (TPSA) is 38.3 Å². The van der Waals surface area contributed by atoms with Crippen molar-refractivity contribution in [3.63, 3.8) is 0 Å². The van der Waals surface area contributed by atoms with Crippen LogP contribution in [0.5, 0.6) is 0 Å². The monoisotopic (exact) mass is 313 g/mol. The van der Waals surface area contributed by atoms with Crippen LogP contribution in [-0.2, 0) is 4.74 Å². The number of para-hydroxylation sites is 1. The molecule has 0 bridgehead atoms. The lowest BCUT2D eigenvalue weighted by atomic mass is 10.1. The van der Waals surface area contributed by atoms with Crippen LogP contribution in [0.15, 0.2) is 35.2 Å². The minimum Gasteiger partial charge on any atom is -0.465 e. The Morgan fingerprint density at radius 3 is 2.48 bits per heavy atom.